The molecule has 1 aromatic carbocycles. The SMILES string of the molecule is CC(Nc1c(C(N)=O)cnn2cc(-c3cccc(CNC(=O)N4CCCC4)c3)cc12)C1CC1. The van der Waals surface area contributed by atoms with Crippen LogP contribution in [-0.4, -0.2) is 45.6 Å². The highest BCUT2D eigenvalue weighted by molar-refractivity contribution is 6.02. The molecule has 0 bridgehead atoms. The molecule has 2 fully saturated rings. The molecule has 8 heteroatoms. The molecular weight excluding hydrogens is 416 g/mol. The molecule has 0 radical (unpaired) electrons. The van der Waals surface area contributed by atoms with Crippen molar-refractivity contribution >= 4 is 23.1 Å². The van der Waals surface area contributed by atoms with Crippen LogP contribution in [0.15, 0.2) is 42.7 Å². The predicted octanol–water partition coefficient (Wildman–Crippen LogP) is 3.62. The van der Waals surface area contributed by atoms with Gasteiger partial charge in [0.2, 0.25) is 0 Å². The van der Waals surface area contributed by atoms with Gasteiger partial charge in [-0.25, -0.2) is 9.31 Å². The quantitative estimate of drug-likeness (QED) is 0.516. The van der Waals surface area contributed by atoms with Crippen molar-refractivity contribution in [3.63, 3.8) is 0 Å². The summed E-state index contributed by atoms with van der Waals surface area (Å²) in [6, 6.07) is 10.4. The minimum atomic E-state index is -0.492. The number of amides is 3. The van der Waals surface area contributed by atoms with Crippen LogP contribution >= 0.6 is 0 Å². The molecule has 3 aromatic rings. The van der Waals surface area contributed by atoms with Crippen LogP contribution < -0.4 is 16.4 Å². The Labute approximate surface area is 193 Å². The zero-order chi connectivity index (χ0) is 22.9. The van der Waals surface area contributed by atoms with Gasteiger partial charge in [0.05, 0.1) is 23.0 Å². The normalized spacial score (nSPS) is 16.7. The number of likely N-dealkylation sites (tertiary alicyclic amines) is 1. The largest absolute Gasteiger partial charge is 0.380 e. The van der Waals surface area contributed by atoms with E-state index in [-0.39, 0.29) is 12.1 Å². The first-order valence-electron chi connectivity index (χ1n) is 11.7. The smallest absolute Gasteiger partial charge is 0.317 e. The van der Waals surface area contributed by atoms with Crippen molar-refractivity contribution < 1.29 is 9.59 Å². The highest BCUT2D eigenvalue weighted by Crippen LogP contribution is 2.36. The lowest BCUT2D eigenvalue weighted by molar-refractivity contribution is 0.100. The predicted molar refractivity (Wildman–Crippen MR) is 128 cm³/mol. The van der Waals surface area contributed by atoms with Crippen molar-refractivity contribution in [2.45, 2.75) is 45.2 Å². The summed E-state index contributed by atoms with van der Waals surface area (Å²) in [6.07, 6.45) is 8.05. The third kappa shape index (κ3) is 4.51. The molecule has 8 nitrogen and oxygen atoms in total. The average molecular weight is 447 g/mol. The second-order valence-corrected chi connectivity index (χ2v) is 9.18. The number of hydrogen-bond acceptors (Lipinski definition) is 4. The molecule has 1 saturated carbocycles. The Morgan fingerprint density at radius 1 is 1.18 bits per heavy atom. The Bertz CT molecular complexity index is 1190. The summed E-state index contributed by atoms with van der Waals surface area (Å²) in [7, 11) is 0. The molecule has 5 rings (SSSR count). The number of benzene rings is 1. The number of hydrogen-bond donors (Lipinski definition) is 3. The van der Waals surface area contributed by atoms with Crippen molar-refractivity contribution in [3.05, 3.63) is 53.9 Å². The zero-order valence-electron chi connectivity index (χ0n) is 18.9. The third-order valence-electron chi connectivity index (χ3n) is 6.70. The first-order valence-corrected chi connectivity index (χ1v) is 11.7. The second kappa shape index (κ2) is 8.77. The lowest BCUT2D eigenvalue weighted by Gasteiger charge is -2.17. The van der Waals surface area contributed by atoms with Crippen molar-refractivity contribution in [2.24, 2.45) is 11.7 Å². The van der Waals surface area contributed by atoms with Gasteiger partial charge in [0, 0.05) is 37.4 Å². The lowest BCUT2D eigenvalue weighted by Crippen LogP contribution is -2.37. The van der Waals surface area contributed by atoms with Crippen LogP contribution in [-0.2, 0) is 6.54 Å². The molecule has 3 amide bonds. The van der Waals surface area contributed by atoms with Crippen molar-refractivity contribution in [1.29, 1.82) is 0 Å². The minimum absolute atomic E-state index is 0.00353. The van der Waals surface area contributed by atoms with Crippen LogP contribution in [0.3, 0.4) is 0 Å². The molecule has 2 aliphatic rings. The number of primary amides is 1. The van der Waals surface area contributed by atoms with Gasteiger partial charge in [-0.15, -0.1) is 0 Å². The maximum atomic E-state index is 12.3. The number of nitrogens with zero attached hydrogens (tertiary/aromatic N) is 3. The first-order chi connectivity index (χ1) is 16.0. The van der Waals surface area contributed by atoms with Gasteiger partial charge < -0.3 is 21.3 Å². The van der Waals surface area contributed by atoms with E-state index in [1.54, 1.807) is 4.52 Å². The van der Waals surface area contributed by atoms with Crippen molar-refractivity contribution in [3.8, 4) is 11.1 Å². The summed E-state index contributed by atoms with van der Waals surface area (Å²) in [6.45, 7) is 4.29. The molecule has 0 spiro atoms. The molecule has 1 unspecified atom stereocenters. The van der Waals surface area contributed by atoms with Gasteiger partial charge in [-0.1, -0.05) is 18.2 Å². The fraction of sp³-hybridized carbons (Fsp3) is 0.400. The summed E-state index contributed by atoms with van der Waals surface area (Å²) < 4.78 is 1.78. The van der Waals surface area contributed by atoms with E-state index in [1.807, 2.05) is 35.4 Å². The monoisotopic (exact) mass is 446 g/mol. The van der Waals surface area contributed by atoms with Gasteiger partial charge in [-0.2, -0.15) is 5.10 Å². The van der Waals surface area contributed by atoms with E-state index >= 15 is 0 Å². The summed E-state index contributed by atoms with van der Waals surface area (Å²) >= 11 is 0. The molecule has 172 valence electrons. The number of nitrogens with one attached hydrogen (secondary N) is 2. The van der Waals surface area contributed by atoms with Crippen LogP contribution in [0.25, 0.3) is 16.6 Å². The first kappa shape index (κ1) is 21.3. The van der Waals surface area contributed by atoms with E-state index in [4.69, 9.17) is 5.73 Å². The van der Waals surface area contributed by atoms with E-state index in [2.05, 4.69) is 28.7 Å². The fourth-order valence-corrected chi connectivity index (χ4v) is 4.57. The van der Waals surface area contributed by atoms with Crippen LogP contribution in [0, 0.1) is 5.92 Å². The van der Waals surface area contributed by atoms with E-state index < -0.39 is 5.91 Å². The zero-order valence-corrected chi connectivity index (χ0v) is 18.9. The van der Waals surface area contributed by atoms with E-state index in [1.165, 1.54) is 19.0 Å². The average Bonchev–Trinajstić information content (AvgIpc) is 3.33. The van der Waals surface area contributed by atoms with E-state index in [0.29, 0.717) is 18.0 Å². The standard InChI is InChI=1S/C25H30N6O2/c1-16(18-7-8-18)29-23-21(24(26)32)14-28-31-15-20(12-22(23)31)19-6-4-5-17(11-19)13-27-25(33)30-9-2-3-10-30/h4-6,11-12,14-16,18,29H,2-3,7-10,13H2,1H3,(H2,26,32)(H,27,33). The molecule has 4 N–H and O–H groups in total. The minimum Gasteiger partial charge on any atom is -0.380 e. The van der Waals surface area contributed by atoms with Crippen LogP contribution in [0.5, 0.6) is 0 Å². The number of aromatic nitrogens is 2. The van der Waals surface area contributed by atoms with Crippen LogP contribution in [0.4, 0.5) is 10.5 Å². The Morgan fingerprint density at radius 2 is 1.97 bits per heavy atom. The van der Waals surface area contributed by atoms with E-state index in [9.17, 15) is 9.59 Å². The summed E-state index contributed by atoms with van der Waals surface area (Å²) in [4.78, 5) is 26.3. The van der Waals surface area contributed by atoms with Gasteiger partial charge in [0.1, 0.15) is 0 Å². The number of rotatable bonds is 7. The number of urea groups is 1. The molecule has 33 heavy (non-hydrogen) atoms. The molecule has 1 saturated heterocycles. The number of nitrogens with two attached hydrogens (primary N) is 1. The highest BCUT2D eigenvalue weighted by Gasteiger charge is 2.29. The van der Waals surface area contributed by atoms with Gasteiger partial charge >= 0.3 is 6.03 Å². The molecule has 3 heterocycles. The molecular formula is C25H30N6O2. The lowest BCUT2D eigenvalue weighted by atomic mass is 10.1. The second-order valence-electron chi connectivity index (χ2n) is 9.18. The summed E-state index contributed by atoms with van der Waals surface area (Å²) in [5.74, 6) is 0.134. The van der Waals surface area contributed by atoms with Gasteiger partial charge in [-0.05, 0) is 61.8 Å². The number of fused-ring (bicyclic) bond motifs is 1. The Hall–Kier alpha value is -3.55. The maximum Gasteiger partial charge on any atom is 0.317 e. The van der Waals surface area contributed by atoms with Gasteiger partial charge in [0.15, 0.2) is 0 Å². The molecule has 1 atom stereocenters. The van der Waals surface area contributed by atoms with Gasteiger partial charge in [-0.3, -0.25) is 4.79 Å². The van der Waals surface area contributed by atoms with Crippen LogP contribution in [0.1, 0.15) is 48.5 Å². The van der Waals surface area contributed by atoms with Crippen molar-refractivity contribution in [2.75, 3.05) is 18.4 Å². The Kier molecular flexibility index (Phi) is 5.66. The number of carbonyl (C=O) groups excluding carboxylic acids is 2. The Balaban J connectivity index is 1.41. The summed E-state index contributed by atoms with van der Waals surface area (Å²) in [5, 5.41) is 11.0. The van der Waals surface area contributed by atoms with Gasteiger partial charge in [0.25, 0.3) is 5.91 Å². The van der Waals surface area contributed by atoms with Crippen molar-refractivity contribution in [1.82, 2.24) is 19.8 Å². The maximum absolute atomic E-state index is 12.3. The number of anilines is 1. The molecule has 2 aromatic heterocycles. The Morgan fingerprint density at radius 3 is 2.70 bits per heavy atom. The fourth-order valence-electron chi connectivity index (χ4n) is 4.57. The third-order valence-corrected chi connectivity index (χ3v) is 6.70. The highest BCUT2D eigenvalue weighted by atomic mass is 16.2. The molecule has 1 aliphatic carbocycles. The molecule has 1 aliphatic heterocycles. The summed E-state index contributed by atoms with van der Waals surface area (Å²) in [5.41, 5.74) is 10.6. The van der Waals surface area contributed by atoms with E-state index in [0.717, 1.165) is 53.8 Å². The van der Waals surface area contributed by atoms with Crippen LogP contribution in [0.2, 0.25) is 0 Å². The number of carbonyl (C=O) groups is 2. The topological polar surface area (TPSA) is 105 Å².